The Morgan fingerprint density at radius 2 is 2.60 bits per heavy atom. The van der Waals surface area contributed by atoms with Gasteiger partial charge in [-0.2, -0.15) is 0 Å². The van der Waals surface area contributed by atoms with Crippen molar-refractivity contribution in [3.63, 3.8) is 0 Å². The van der Waals surface area contributed by atoms with Gasteiger partial charge in [0.1, 0.15) is 6.67 Å². The summed E-state index contributed by atoms with van der Waals surface area (Å²) in [5, 5.41) is 1.62. The van der Waals surface area contributed by atoms with Crippen LogP contribution in [0.4, 0.5) is 0 Å². The molecule has 1 aliphatic heterocycles. The Hall–Kier alpha value is -0.120. The molecular formula is C2H6N2O. The van der Waals surface area contributed by atoms with Gasteiger partial charge >= 0.3 is 0 Å². The molecule has 0 radical (unpaired) electrons. The molecule has 0 spiro atoms. The van der Waals surface area contributed by atoms with E-state index in [1.54, 1.807) is 12.3 Å². The normalized spacial score (nSPS) is 34.2. The van der Waals surface area contributed by atoms with E-state index in [2.05, 4.69) is 10.3 Å². The molecule has 0 aromatic carbocycles. The van der Waals surface area contributed by atoms with Crippen molar-refractivity contribution in [2.45, 2.75) is 0 Å². The van der Waals surface area contributed by atoms with E-state index in [-0.39, 0.29) is 0 Å². The number of hydrogen-bond acceptors (Lipinski definition) is 3. The molecule has 0 amide bonds. The molecule has 1 rings (SSSR count). The number of hydroxylamine groups is 1. The molecule has 3 heteroatoms. The maximum absolute atomic E-state index is 4.58. The average molecular weight is 74.1 g/mol. The lowest BCUT2D eigenvalue weighted by Crippen LogP contribution is -1.94. The second-order valence-corrected chi connectivity index (χ2v) is 0.877. The van der Waals surface area contributed by atoms with Crippen LogP contribution in [0.15, 0.2) is 0 Å². The highest BCUT2D eigenvalue weighted by Gasteiger charge is 2.12. The van der Waals surface area contributed by atoms with E-state index in [9.17, 15) is 0 Å². The summed E-state index contributed by atoms with van der Waals surface area (Å²) in [6.07, 6.45) is 0. The summed E-state index contributed by atoms with van der Waals surface area (Å²) >= 11 is 0. The summed E-state index contributed by atoms with van der Waals surface area (Å²) in [5.74, 6) is 0. The molecule has 3 nitrogen and oxygen atoms in total. The number of nitrogens with zero attached hydrogens (tertiary/aromatic N) is 1. The third-order valence-corrected chi connectivity index (χ3v) is 0.508. The first-order valence-electron chi connectivity index (χ1n) is 1.48. The van der Waals surface area contributed by atoms with Crippen molar-refractivity contribution in [3.8, 4) is 0 Å². The van der Waals surface area contributed by atoms with Crippen molar-refractivity contribution < 1.29 is 4.84 Å². The van der Waals surface area contributed by atoms with Crippen molar-refractivity contribution in [1.82, 2.24) is 10.6 Å². The largest absolute Gasteiger partial charge is 0.286 e. The summed E-state index contributed by atoms with van der Waals surface area (Å²) in [6.45, 7) is 0.872. The van der Waals surface area contributed by atoms with Gasteiger partial charge in [-0.25, -0.2) is 5.43 Å². The Kier molecular flexibility index (Phi) is 0.574. The van der Waals surface area contributed by atoms with E-state index < -0.39 is 0 Å². The summed E-state index contributed by atoms with van der Waals surface area (Å²) < 4.78 is 0. The van der Waals surface area contributed by atoms with Crippen molar-refractivity contribution in [2.24, 2.45) is 0 Å². The molecule has 1 heterocycles. The van der Waals surface area contributed by atoms with Crippen LogP contribution in [-0.2, 0) is 4.84 Å². The Morgan fingerprint density at radius 1 is 2.00 bits per heavy atom. The van der Waals surface area contributed by atoms with Crippen molar-refractivity contribution in [2.75, 3.05) is 13.8 Å². The molecule has 0 saturated carbocycles. The quantitative estimate of drug-likeness (QED) is 0.419. The highest BCUT2D eigenvalue weighted by atomic mass is 16.7. The lowest BCUT2D eigenvalue weighted by molar-refractivity contribution is -0.0410. The van der Waals surface area contributed by atoms with Crippen LogP contribution < -0.4 is 5.43 Å². The van der Waals surface area contributed by atoms with Crippen LogP contribution >= 0.6 is 0 Å². The maximum Gasteiger partial charge on any atom is 0.104 e. The Bertz CT molecular complexity index is 34.6. The zero-order chi connectivity index (χ0) is 3.70. The van der Waals surface area contributed by atoms with Crippen LogP contribution in [0, 0.1) is 0 Å². The van der Waals surface area contributed by atoms with Gasteiger partial charge < -0.3 is 0 Å². The predicted octanol–water partition coefficient (Wildman–Crippen LogP) is -0.675. The van der Waals surface area contributed by atoms with Crippen molar-refractivity contribution in [1.29, 1.82) is 0 Å². The molecular weight excluding hydrogens is 68.0 g/mol. The van der Waals surface area contributed by atoms with Gasteiger partial charge in [-0.1, -0.05) is 0 Å². The van der Waals surface area contributed by atoms with Crippen LogP contribution in [0.3, 0.4) is 0 Å². The van der Waals surface area contributed by atoms with Crippen molar-refractivity contribution >= 4 is 0 Å². The highest BCUT2D eigenvalue weighted by Crippen LogP contribution is 1.88. The lowest BCUT2D eigenvalue weighted by atomic mass is 11.4. The minimum atomic E-state index is 0.872. The Morgan fingerprint density at radius 3 is 2.60 bits per heavy atom. The first-order chi connectivity index (χ1) is 2.43. The van der Waals surface area contributed by atoms with E-state index >= 15 is 0 Å². The summed E-state index contributed by atoms with van der Waals surface area (Å²) in [5.41, 5.74) is 2.80. The molecule has 1 saturated heterocycles. The van der Waals surface area contributed by atoms with Gasteiger partial charge in [0, 0.05) is 0 Å². The third kappa shape index (κ3) is 0.576. The molecule has 30 valence electrons. The van der Waals surface area contributed by atoms with E-state index in [0.717, 1.165) is 6.67 Å². The van der Waals surface area contributed by atoms with E-state index in [1.807, 2.05) is 0 Å². The number of rotatable bonds is 1. The first kappa shape index (κ1) is 3.08. The molecule has 1 N–H and O–H groups in total. The first-order valence-corrected chi connectivity index (χ1v) is 1.48. The van der Waals surface area contributed by atoms with E-state index in [4.69, 9.17) is 0 Å². The zero-order valence-electron chi connectivity index (χ0n) is 3.06. The van der Waals surface area contributed by atoms with Gasteiger partial charge in [0.25, 0.3) is 0 Å². The number of hydrogen-bond donors (Lipinski definition) is 1. The second-order valence-electron chi connectivity index (χ2n) is 0.877. The van der Waals surface area contributed by atoms with Gasteiger partial charge in [0.2, 0.25) is 0 Å². The number of hydrazine groups is 1. The molecule has 1 atom stereocenters. The predicted molar refractivity (Wildman–Crippen MR) is 16.9 cm³/mol. The molecule has 1 fully saturated rings. The molecule has 0 bridgehead atoms. The van der Waals surface area contributed by atoms with Crippen LogP contribution in [0.5, 0.6) is 0 Å². The smallest absolute Gasteiger partial charge is 0.104 e. The minimum Gasteiger partial charge on any atom is -0.286 e. The monoisotopic (exact) mass is 74.0 g/mol. The van der Waals surface area contributed by atoms with Gasteiger partial charge in [-0.15, -0.1) is 5.17 Å². The third-order valence-electron chi connectivity index (χ3n) is 0.508. The van der Waals surface area contributed by atoms with Crippen LogP contribution in [0.1, 0.15) is 0 Å². The summed E-state index contributed by atoms with van der Waals surface area (Å²) in [7, 11) is 1.62. The minimum absolute atomic E-state index is 0.872. The molecule has 1 aliphatic rings. The Balaban J connectivity index is 2.00. The Labute approximate surface area is 30.4 Å². The van der Waals surface area contributed by atoms with Crippen LogP contribution in [0.25, 0.3) is 0 Å². The van der Waals surface area contributed by atoms with Crippen LogP contribution in [0.2, 0.25) is 0 Å². The fourth-order valence-electron chi connectivity index (χ4n) is 0.158. The molecule has 0 aromatic heterocycles. The SMILES string of the molecule is CON1CN1. The topological polar surface area (TPSA) is 34.2 Å². The van der Waals surface area contributed by atoms with Crippen LogP contribution in [-0.4, -0.2) is 19.0 Å². The second kappa shape index (κ2) is 0.931. The maximum atomic E-state index is 4.58. The average Bonchev–Trinajstić information content (AvgIpc) is 2.12. The van der Waals surface area contributed by atoms with Gasteiger partial charge in [-0.05, 0) is 0 Å². The van der Waals surface area contributed by atoms with E-state index in [0.29, 0.717) is 0 Å². The summed E-state index contributed by atoms with van der Waals surface area (Å²) in [6, 6.07) is 0. The molecule has 0 aliphatic carbocycles. The highest BCUT2D eigenvalue weighted by molar-refractivity contribution is 4.40. The van der Waals surface area contributed by atoms with Crippen molar-refractivity contribution in [3.05, 3.63) is 0 Å². The number of nitrogens with one attached hydrogen (secondary N) is 1. The summed E-state index contributed by atoms with van der Waals surface area (Å²) in [4.78, 5) is 4.58. The molecule has 5 heavy (non-hydrogen) atoms. The molecule has 0 aromatic rings. The van der Waals surface area contributed by atoms with Gasteiger partial charge in [0.15, 0.2) is 0 Å². The lowest BCUT2D eigenvalue weighted by Gasteiger charge is -1.83. The van der Waals surface area contributed by atoms with Gasteiger partial charge in [-0.3, -0.25) is 4.84 Å². The van der Waals surface area contributed by atoms with E-state index in [1.165, 1.54) is 0 Å². The molecule has 1 unspecified atom stereocenters. The van der Waals surface area contributed by atoms with Gasteiger partial charge in [0.05, 0.1) is 7.11 Å². The zero-order valence-corrected chi connectivity index (χ0v) is 3.06. The standard InChI is InChI=1S/C2H6N2O/c1-5-4-2-3-4/h3H,2H2,1H3. The fraction of sp³-hybridized carbons (Fsp3) is 1.00. The fourth-order valence-corrected chi connectivity index (χ4v) is 0.158.